The van der Waals surface area contributed by atoms with E-state index in [1.54, 1.807) is 12.4 Å². The lowest BCUT2D eigenvalue weighted by atomic mass is 10.0. The van der Waals surface area contributed by atoms with E-state index in [0.717, 1.165) is 33.3 Å². The van der Waals surface area contributed by atoms with Crippen molar-refractivity contribution in [2.75, 3.05) is 11.1 Å². The van der Waals surface area contributed by atoms with E-state index in [1.165, 1.54) is 0 Å². The molecule has 0 unspecified atom stereocenters. The summed E-state index contributed by atoms with van der Waals surface area (Å²) >= 11 is 0. The molecule has 0 fully saturated rings. The predicted octanol–water partition coefficient (Wildman–Crippen LogP) is 4.59. The van der Waals surface area contributed by atoms with Crippen LogP contribution in [0.1, 0.15) is 31.5 Å². The van der Waals surface area contributed by atoms with Gasteiger partial charge in [-0.2, -0.15) is 5.10 Å². The van der Waals surface area contributed by atoms with Crippen molar-refractivity contribution in [3.8, 4) is 23.0 Å². The third kappa shape index (κ3) is 4.90. The maximum Gasteiger partial charge on any atom is 0.224 e. The Labute approximate surface area is 180 Å². The number of hydrogen-bond donors (Lipinski definition) is 3. The van der Waals surface area contributed by atoms with Crippen molar-refractivity contribution in [2.24, 2.45) is 5.92 Å². The van der Waals surface area contributed by atoms with E-state index in [1.807, 2.05) is 62.4 Å². The number of aromatic nitrogens is 3. The summed E-state index contributed by atoms with van der Waals surface area (Å²) in [5.41, 5.74) is 11.5. The van der Waals surface area contributed by atoms with Gasteiger partial charge in [-0.15, -0.1) is 0 Å². The smallest absolute Gasteiger partial charge is 0.224 e. The molecule has 0 atom stereocenters. The lowest BCUT2D eigenvalue weighted by Gasteiger charge is -2.08. The van der Waals surface area contributed by atoms with Gasteiger partial charge in [-0.1, -0.05) is 31.9 Å². The maximum atomic E-state index is 12.1. The van der Waals surface area contributed by atoms with Crippen molar-refractivity contribution in [3.63, 3.8) is 0 Å². The quantitative estimate of drug-likeness (QED) is 0.339. The zero-order valence-electron chi connectivity index (χ0n) is 17.4. The first-order valence-electron chi connectivity index (χ1n) is 10.1. The van der Waals surface area contributed by atoms with Crippen LogP contribution in [-0.2, 0) is 4.79 Å². The number of nitrogens with one attached hydrogen (secondary N) is 2. The molecule has 4 aromatic rings. The summed E-state index contributed by atoms with van der Waals surface area (Å²) in [7, 11) is 0. The number of aromatic amines is 1. The topological polar surface area (TPSA) is 96.7 Å². The molecule has 0 aliphatic heterocycles. The number of anilines is 2. The first-order chi connectivity index (χ1) is 15.0. The first kappa shape index (κ1) is 20.2. The minimum absolute atomic E-state index is 0.0154. The number of H-pyrrole nitrogens is 1. The largest absolute Gasteiger partial charge is 0.399 e. The van der Waals surface area contributed by atoms with Gasteiger partial charge in [-0.25, -0.2) is 0 Å². The Morgan fingerprint density at radius 1 is 1.10 bits per heavy atom. The van der Waals surface area contributed by atoms with E-state index >= 15 is 0 Å². The molecule has 2 heterocycles. The fourth-order valence-corrected chi connectivity index (χ4v) is 3.29. The van der Waals surface area contributed by atoms with Gasteiger partial charge in [0.2, 0.25) is 5.91 Å². The summed E-state index contributed by atoms with van der Waals surface area (Å²) < 4.78 is 0. The molecule has 1 amide bonds. The minimum Gasteiger partial charge on any atom is -0.399 e. The number of nitrogen functional groups attached to an aromatic ring is 1. The van der Waals surface area contributed by atoms with Crippen LogP contribution in [0, 0.1) is 17.8 Å². The van der Waals surface area contributed by atoms with Gasteiger partial charge in [0.05, 0.1) is 17.4 Å². The van der Waals surface area contributed by atoms with Gasteiger partial charge >= 0.3 is 0 Å². The van der Waals surface area contributed by atoms with E-state index in [9.17, 15) is 4.79 Å². The second-order valence-electron chi connectivity index (χ2n) is 7.81. The van der Waals surface area contributed by atoms with E-state index in [4.69, 9.17) is 5.73 Å². The molecule has 31 heavy (non-hydrogen) atoms. The average Bonchev–Trinajstić information content (AvgIpc) is 3.14. The molecule has 154 valence electrons. The molecule has 0 bridgehead atoms. The fourth-order valence-electron chi connectivity index (χ4n) is 3.29. The van der Waals surface area contributed by atoms with Gasteiger partial charge in [-0.3, -0.25) is 14.9 Å². The van der Waals surface area contributed by atoms with E-state index < -0.39 is 0 Å². The zero-order chi connectivity index (χ0) is 21.8. The van der Waals surface area contributed by atoms with E-state index in [-0.39, 0.29) is 5.91 Å². The van der Waals surface area contributed by atoms with Crippen LogP contribution in [0.5, 0.6) is 0 Å². The summed E-state index contributed by atoms with van der Waals surface area (Å²) in [6, 6.07) is 15.3. The Hall–Kier alpha value is -4.11. The van der Waals surface area contributed by atoms with Gasteiger partial charge < -0.3 is 11.1 Å². The Bertz CT molecular complexity index is 1310. The van der Waals surface area contributed by atoms with Crippen LogP contribution in [0.25, 0.3) is 22.0 Å². The van der Waals surface area contributed by atoms with Crippen molar-refractivity contribution in [2.45, 2.75) is 20.3 Å². The number of fused-ring (bicyclic) bond motifs is 1. The summed E-state index contributed by atoms with van der Waals surface area (Å²) in [5.74, 6) is 6.56. The lowest BCUT2D eigenvalue weighted by Crippen LogP contribution is -2.13. The monoisotopic (exact) mass is 409 g/mol. The van der Waals surface area contributed by atoms with Crippen LogP contribution in [0.3, 0.4) is 0 Å². The lowest BCUT2D eigenvalue weighted by molar-refractivity contribution is -0.116. The van der Waals surface area contributed by atoms with Crippen LogP contribution < -0.4 is 11.1 Å². The second-order valence-corrected chi connectivity index (χ2v) is 7.81. The van der Waals surface area contributed by atoms with Crippen LogP contribution >= 0.6 is 0 Å². The number of benzene rings is 2. The fraction of sp³-hybridized carbons (Fsp3) is 0.160. The molecule has 0 aliphatic carbocycles. The second kappa shape index (κ2) is 8.72. The highest BCUT2D eigenvalue weighted by atomic mass is 16.1. The number of rotatable bonds is 4. The van der Waals surface area contributed by atoms with Crippen molar-refractivity contribution < 1.29 is 4.79 Å². The molecule has 6 heteroatoms. The number of hydrogen-bond acceptors (Lipinski definition) is 4. The van der Waals surface area contributed by atoms with Crippen LogP contribution in [0.2, 0.25) is 0 Å². The molecule has 0 spiro atoms. The Morgan fingerprint density at radius 2 is 1.97 bits per heavy atom. The van der Waals surface area contributed by atoms with Gasteiger partial charge in [0, 0.05) is 34.8 Å². The highest BCUT2D eigenvalue weighted by Gasteiger charge is 2.09. The molecule has 0 aliphatic rings. The Balaban J connectivity index is 1.64. The summed E-state index contributed by atoms with van der Waals surface area (Å²) in [6.45, 7) is 4.03. The maximum absolute atomic E-state index is 12.1. The SMILES string of the molecule is CC(C)CC(=O)Nc1cncc(-c2ccc3n[nH]c(C#Cc4cccc(N)c4)c3c2)c1. The van der Waals surface area contributed by atoms with Gasteiger partial charge in [-0.05, 0) is 53.8 Å². The highest BCUT2D eigenvalue weighted by molar-refractivity contribution is 5.92. The van der Waals surface area contributed by atoms with Gasteiger partial charge in [0.25, 0.3) is 0 Å². The molecule has 2 aromatic carbocycles. The average molecular weight is 409 g/mol. The van der Waals surface area contributed by atoms with E-state index in [0.29, 0.717) is 23.7 Å². The predicted molar refractivity (Wildman–Crippen MR) is 124 cm³/mol. The Kier molecular flexibility index (Phi) is 5.67. The molecule has 0 radical (unpaired) electrons. The van der Waals surface area contributed by atoms with Gasteiger partial charge in [0.1, 0.15) is 5.69 Å². The van der Waals surface area contributed by atoms with Crippen LogP contribution in [0.15, 0.2) is 60.9 Å². The summed E-state index contributed by atoms with van der Waals surface area (Å²) in [4.78, 5) is 16.4. The summed E-state index contributed by atoms with van der Waals surface area (Å²) in [5, 5.41) is 11.2. The number of carbonyl (C=O) groups excluding carboxylic acids is 1. The number of nitrogens with zero attached hydrogens (tertiary/aromatic N) is 2. The normalized spacial score (nSPS) is 10.7. The molecule has 0 saturated heterocycles. The molecular weight excluding hydrogens is 386 g/mol. The highest BCUT2D eigenvalue weighted by Crippen LogP contribution is 2.26. The third-order valence-electron chi connectivity index (χ3n) is 4.72. The number of carbonyl (C=O) groups is 1. The van der Waals surface area contributed by atoms with Crippen LogP contribution in [-0.4, -0.2) is 21.1 Å². The molecule has 2 aromatic heterocycles. The van der Waals surface area contributed by atoms with E-state index in [2.05, 4.69) is 32.3 Å². The van der Waals surface area contributed by atoms with Crippen molar-refractivity contribution in [3.05, 3.63) is 72.2 Å². The molecule has 0 saturated carbocycles. The number of pyridine rings is 1. The standard InChI is InChI=1S/C25H23N5O/c1-16(2)10-25(31)28-21-12-19(14-27-15-21)18-7-9-24-22(13-18)23(29-30-24)8-6-17-4-3-5-20(26)11-17/h3-5,7,9,11-16H,10,26H2,1-2H3,(H,28,31)(H,29,30). The number of nitrogens with two attached hydrogens (primary N) is 1. The number of amides is 1. The molecular formula is C25H23N5O. The molecule has 4 N–H and O–H groups in total. The van der Waals surface area contributed by atoms with Crippen LogP contribution in [0.4, 0.5) is 11.4 Å². The third-order valence-corrected chi connectivity index (χ3v) is 4.72. The van der Waals surface area contributed by atoms with Crippen molar-refractivity contribution in [1.82, 2.24) is 15.2 Å². The molecule has 4 rings (SSSR count). The van der Waals surface area contributed by atoms with Gasteiger partial charge in [0.15, 0.2) is 0 Å². The summed E-state index contributed by atoms with van der Waals surface area (Å²) in [6.07, 6.45) is 3.90. The minimum atomic E-state index is -0.0154. The zero-order valence-corrected chi connectivity index (χ0v) is 17.4. The molecule has 6 nitrogen and oxygen atoms in total. The first-order valence-corrected chi connectivity index (χ1v) is 10.1. The van der Waals surface area contributed by atoms with Crippen molar-refractivity contribution in [1.29, 1.82) is 0 Å². The van der Waals surface area contributed by atoms with Crippen molar-refractivity contribution >= 4 is 28.2 Å². The Morgan fingerprint density at radius 3 is 2.77 bits per heavy atom.